The number of methoxy groups -OCH3 is 1. The van der Waals surface area contributed by atoms with E-state index >= 15 is 0 Å². The fraction of sp³-hybridized carbons (Fsp3) is 0.360. The van der Waals surface area contributed by atoms with E-state index in [1.807, 2.05) is 24.3 Å². The molecule has 10 nitrogen and oxygen atoms in total. The number of ether oxygens (including phenoxy) is 3. The molecule has 2 aliphatic rings. The van der Waals surface area contributed by atoms with Crippen LogP contribution in [0.1, 0.15) is 25.2 Å². The van der Waals surface area contributed by atoms with E-state index in [4.69, 9.17) is 18.7 Å². The van der Waals surface area contributed by atoms with E-state index in [0.29, 0.717) is 61.3 Å². The van der Waals surface area contributed by atoms with Crippen molar-refractivity contribution in [3.05, 3.63) is 48.4 Å². The zero-order valence-corrected chi connectivity index (χ0v) is 19.4. The molecule has 0 unspecified atom stereocenters. The Bertz CT molecular complexity index is 1200. The van der Waals surface area contributed by atoms with Crippen LogP contribution in [0.2, 0.25) is 0 Å². The fourth-order valence-corrected chi connectivity index (χ4v) is 4.20. The third-order valence-corrected chi connectivity index (χ3v) is 6.23. The summed E-state index contributed by atoms with van der Waals surface area (Å²) >= 11 is 0. The Hall–Kier alpha value is -4.08. The monoisotopic (exact) mass is 478 g/mol. The number of likely N-dealkylation sites (tertiary alicyclic amines) is 1. The van der Waals surface area contributed by atoms with Crippen LogP contribution >= 0.6 is 0 Å². The van der Waals surface area contributed by atoms with E-state index in [0.717, 1.165) is 11.3 Å². The molecule has 0 radical (unpaired) electrons. The number of fused-ring (bicyclic) bond motifs is 1. The number of benzene rings is 2. The van der Waals surface area contributed by atoms with Gasteiger partial charge in [0.15, 0.2) is 11.5 Å². The molecule has 2 amide bonds. The topological polar surface area (TPSA) is 116 Å². The van der Waals surface area contributed by atoms with Crippen LogP contribution < -0.4 is 19.5 Å². The van der Waals surface area contributed by atoms with Gasteiger partial charge in [-0.15, -0.1) is 0 Å². The molecule has 2 aromatic carbocycles. The summed E-state index contributed by atoms with van der Waals surface area (Å²) in [4.78, 5) is 31.6. The van der Waals surface area contributed by atoms with Crippen LogP contribution in [0.15, 0.2) is 47.0 Å². The highest BCUT2D eigenvalue weighted by Crippen LogP contribution is 2.34. The Balaban J connectivity index is 1.07. The largest absolute Gasteiger partial charge is 0.497 e. The van der Waals surface area contributed by atoms with Crippen molar-refractivity contribution >= 4 is 17.5 Å². The lowest BCUT2D eigenvalue weighted by atomic mass is 9.95. The van der Waals surface area contributed by atoms with Crippen LogP contribution in [-0.2, 0) is 16.0 Å². The molecule has 1 saturated heterocycles. The summed E-state index contributed by atoms with van der Waals surface area (Å²) in [5, 5.41) is 6.95. The number of hydrogen-bond acceptors (Lipinski definition) is 8. The van der Waals surface area contributed by atoms with Crippen molar-refractivity contribution in [2.24, 2.45) is 5.92 Å². The molecule has 0 aliphatic carbocycles. The molecule has 182 valence electrons. The molecule has 10 heteroatoms. The van der Waals surface area contributed by atoms with E-state index in [1.54, 1.807) is 30.2 Å². The second kappa shape index (κ2) is 10.0. The van der Waals surface area contributed by atoms with Gasteiger partial charge in [-0.05, 0) is 49.2 Å². The minimum absolute atomic E-state index is 0.0174. The third-order valence-electron chi connectivity index (χ3n) is 6.23. The molecular formula is C25H26N4O6. The highest BCUT2D eigenvalue weighted by Gasteiger charge is 2.28. The van der Waals surface area contributed by atoms with Crippen LogP contribution in [0.3, 0.4) is 0 Å². The van der Waals surface area contributed by atoms with E-state index in [9.17, 15) is 9.59 Å². The number of amides is 2. The van der Waals surface area contributed by atoms with Crippen molar-refractivity contribution in [3.8, 4) is 28.6 Å². The van der Waals surface area contributed by atoms with Crippen LogP contribution in [0.5, 0.6) is 17.2 Å². The van der Waals surface area contributed by atoms with Gasteiger partial charge in [-0.3, -0.25) is 9.59 Å². The molecule has 0 saturated carbocycles. The van der Waals surface area contributed by atoms with Crippen molar-refractivity contribution in [1.82, 2.24) is 15.0 Å². The lowest BCUT2D eigenvalue weighted by Crippen LogP contribution is -2.41. The van der Waals surface area contributed by atoms with Crippen molar-refractivity contribution in [2.45, 2.75) is 25.7 Å². The Kier molecular flexibility index (Phi) is 6.51. The number of rotatable bonds is 7. The van der Waals surface area contributed by atoms with Crippen LogP contribution in [0.4, 0.5) is 5.69 Å². The van der Waals surface area contributed by atoms with Gasteiger partial charge < -0.3 is 29.0 Å². The molecule has 3 aromatic rings. The number of aromatic nitrogens is 2. The minimum atomic E-state index is -0.146. The molecule has 3 heterocycles. The van der Waals surface area contributed by atoms with Gasteiger partial charge in [-0.1, -0.05) is 5.16 Å². The molecule has 1 N–H and O–H groups in total. The quantitative estimate of drug-likeness (QED) is 0.550. The lowest BCUT2D eigenvalue weighted by Gasteiger charge is -2.31. The summed E-state index contributed by atoms with van der Waals surface area (Å²) in [7, 11) is 1.61. The fourth-order valence-electron chi connectivity index (χ4n) is 4.20. The highest BCUT2D eigenvalue weighted by molar-refractivity contribution is 5.93. The molecule has 1 fully saturated rings. The molecule has 0 spiro atoms. The first-order valence-electron chi connectivity index (χ1n) is 11.5. The SMILES string of the molecule is COc1ccc(-c2noc(CCC(=O)N3CCC(C(=O)Nc4ccc5c(c4)OCO5)CC3)n2)cc1. The number of nitrogens with one attached hydrogen (secondary N) is 1. The number of hydrogen-bond donors (Lipinski definition) is 1. The summed E-state index contributed by atoms with van der Waals surface area (Å²) in [5.74, 6) is 2.76. The Morgan fingerprint density at radius 3 is 2.63 bits per heavy atom. The van der Waals surface area contributed by atoms with Crippen molar-refractivity contribution in [1.29, 1.82) is 0 Å². The first-order chi connectivity index (χ1) is 17.1. The molecule has 1 aromatic heterocycles. The first-order valence-corrected chi connectivity index (χ1v) is 11.5. The third kappa shape index (κ3) is 5.21. The van der Waals surface area contributed by atoms with Gasteiger partial charge in [0.05, 0.1) is 7.11 Å². The average molecular weight is 479 g/mol. The Labute approximate surface area is 202 Å². The maximum Gasteiger partial charge on any atom is 0.231 e. The van der Waals surface area contributed by atoms with Gasteiger partial charge in [0.25, 0.3) is 0 Å². The maximum atomic E-state index is 12.7. The van der Waals surface area contributed by atoms with E-state index in [2.05, 4.69) is 15.5 Å². The zero-order valence-electron chi connectivity index (χ0n) is 19.4. The summed E-state index contributed by atoms with van der Waals surface area (Å²) in [6.45, 7) is 1.27. The van der Waals surface area contributed by atoms with Crippen molar-refractivity contribution in [2.75, 3.05) is 32.3 Å². The van der Waals surface area contributed by atoms with Crippen LogP contribution in [0, 0.1) is 5.92 Å². The summed E-state index contributed by atoms with van der Waals surface area (Å²) in [5.41, 5.74) is 1.49. The Morgan fingerprint density at radius 2 is 1.86 bits per heavy atom. The van der Waals surface area contributed by atoms with Crippen LogP contribution in [0.25, 0.3) is 11.4 Å². The predicted molar refractivity (Wildman–Crippen MR) is 125 cm³/mol. The standard InChI is InChI=1S/C25H26N4O6/c1-32-19-5-2-16(3-6-19)24-27-22(35-28-24)8-9-23(30)29-12-10-17(11-13-29)25(31)26-18-4-7-20-21(14-18)34-15-33-20/h2-7,14,17H,8-13,15H2,1H3,(H,26,31). The number of piperidine rings is 1. The molecular weight excluding hydrogens is 452 g/mol. The second-order valence-corrected chi connectivity index (χ2v) is 8.45. The lowest BCUT2D eigenvalue weighted by molar-refractivity contribution is -0.134. The zero-order chi connectivity index (χ0) is 24.2. The van der Waals surface area contributed by atoms with Gasteiger partial charge in [0.2, 0.25) is 30.3 Å². The van der Waals surface area contributed by atoms with Crippen molar-refractivity contribution < 1.29 is 28.3 Å². The second-order valence-electron chi connectivity index (χ2n) is 8.45. The van der Waals surface area contributed by atoms with Gasteiger partial charge >= 0.3 is 0 Å². The highest BCUT2D eigenvalue weighted by atomic mass is 16.7. The Morgan fingerprint density at radius 1 is 1.09 bits per heavy atom. The summed E-state index contributed by atoms with van der Waals surface area (Å²) < 4.78 is 21.1. The van der Waals surface area contributed by atoms with Crippen molar-refractivity contribution in [3.63, 3.8) is 0 Å². The van der Waals surface area contributed by atoms with Gasteiger partial charge in [0.1, 0.15) is 5.75 Å². The van der Waals surface area contributed by atoms with Gasteiger partial charge in [-0.25, -0.2) is 0 Å². The normalized spacial score (nSPS) is 15.2. The molecule has 2 aliphatic heterocycles. The first kappa shape index (κ1) is 22.7. The van der Waals surface area contributed by atoms with Crippen LogP contribution in [-0.4, -0.2) is 53.8 Å². The molecule has 35 heavy (non-hydrogen) atoms. The van der Waals surface area contributed by atoms with E-state index in [1.165, 1.54) is 0 Å². The number of nitrogens with zero attached hydrogens (tertiary/aromatic N) is 3. The number of carbonyl (C=O) groups is 2. The molecule has 0 atom stereocenters. The number of aryl methyl sites for hydroxylation is 1. The molecule has 5 rings (SSSR count). The summed E-state index contributed by atoms with van der Waals surface area (Å²) in [6, 6.07) is 12.7. The minimum Gasteiger partial charge on any atom is -0.497 e. The van der Waals surface area contributed by atoms with Gasteiger partial charge in [-0.2, -0.15) is 4.98 Å². The van der Waals surface area contributed by atoms with E-state index < -0.39 is 0 Å². The maximum absolute atomic E-state index is 12.7. The number of anilines is 1. The number of carbonyl (C=O) groups excluding carboxylic acids is 2. The average Bonchev–Trinajstić information content (AvgIpc) is 3.57. The smallest absolute Gasteiger partial charge is 0.231 e. The molecule has 0 bridgehead atoms. The predicted octanol–water partition coefficient (Wildman–Crippen LogP) is 3.28. The van der Waals surface area contributed by atoms with Gasteiger partial charge in [0, 0.05) is 49.2 Å². The van der Waals surface area contributed by atoms with E-state index in [-0.39, 0.29) is 30.9 Å². The summed E-state index contributed by atoms with van der Waals surface area (Å²) in [6.07, 6.45) is 1.87.